The van der Waals surface area contributed by atoms with Crippen LogP contribution < -0.4 is 4.74 Å². The molecule has 0 saturated carbocycles. The average Bonchev–Trinajstić information content (AvgIpc) is 2.75. The van der Waals surface area contributed by atoms with Crippen molar-refractivity contribution < 1.29 is 17.7 Å². The van der Waals surface area contributed by atoms with Crippen molar-refractivity contribution >= 4 is 10.1 Å². The molecule has 4 nitrogen and oxygen atoms in total. The van der Waals surface area contributed by atoms with Crippen molar-refractivity contribution in [1.29, 1.82) is 0 Å². The summed E-state index contributed by atoms with van der Waals surface area (Å²) in [7, 11) is -4.29. The quantitative estimate of drug-likeness (QED) is 0.210. The van der Waals surface area contributed by atoms with Crippen molar-refractivity contribution in [1.82, 2.24) is 0 Å². The summed E-state index contributed by atoms with van der Waals surface area (Å²) >= 11 is 0. The van der Waals surface area contributed by atoms with E-state index in [2.05, 4.69) is 6.92 Å². The van der Waals surface area contributed by atoms with Crippen molar-refractivity contribution in [2.24, 2.45) is 0 Å². The number of hydrogen-bond acceptors (Lipinski definition) is 3. The highest BCUT2D eigenvalue weighted by Crippen LogP contribution is 2.27. The Morgan fingerprint density at radius 1 is 0.710 bits per heavy atom. The predicted molar refractivity (Wildman–Crippen MR) is 128 cm³/mol. The molecule has 0 saturated heterocycles. The van der Waals surface area contributed by atoms with Crippen LogP contribution in [0.2, 0.25) is 0 Å². The van der Waals surface area contributed by atoms with E-state index in [0.717, 1.165) is 12.8 Å². The number of aryl methyl sites for hydroxylation is 1. The number of hydrogen-bond donors (Lipinski definition) is 1. The van der Waals surface area contributed by atoms with Crippen molar-refractivity contribution in [3.8, 4) is 11.5 Å². The maximum Gasteiger partial charge on any atom is 0.294 e. The molecule has 2 aromatic carbocycles. The summed E-state index contributed by atoms with van der Waals surface area (Å²) in [6, 6.07) is 14.1. The van der Waals surface area contributed by atoms with Gasteiger partial charge in [0.2, 0.25) is 0 Å². The first-order valence-electron chi connectivity index (χ1n) is 11.8. The normalized spacial score (nSPS) is 11.5. The maximum absolute atomic E-state index is 11.9. The maximum atomic E-state index is 11.9. The van der Waals surface area contributed by atoms with E-state index in [4.69, 9.17) is 4.74 Å². The molecular weight excluding hydrogens is 408 g/mol. The second kappa shape index (κ2) is 14.3. The Balaban J connectivity index is 1.72. The van der Waals surface area contributed by atoms with Gasteiger partial charge in [-0.05, 0) is 36.6 Å². The van der Waals surface area contributed by atoms with Gasteiger partial charge in [-0.25, -0.2) is 0 Å². The largest absolute Gasteiger partial charge is 0.457 e. The fourth-order valence-corrected chi connectivity index (χ4v) is 4.59. The number of benzene rings is 2. The molecule has 0 bridgehead atoms. The molecule has 0 radical (unpaired) electrons. The van der Waals surface area contributed by atoms with E-state index in [0.29, 0.717) is 23.5 Å². The number of unbranched alkanes of at least 4 members (excludes halogenated alkanes) is 11. The molecule has 0 spiro atoms. The molecular formula is C26H38O4S. The van der Waals surface area contributed by atoms with Crippen molar-refractivity contribution in [2.75, 3.05) is 0 Å². The molecule has 0 atom stereocenters. The van der Waals surface area contributed by atoms with Crippen LogP contribution in [0.3, 0.4) is 0 Å². The van der Waals surface area contributed by atoms with Crippen molar-refractivity contribution in [2.45, 2.75) is 95.3 Å². The zero-order chi connectivity index (χ0) is 22.4. The third kappa shape index (κ3) is 10.3. The van der Waals surface area contributed by atoms with Crippen LogP contribution in [0.5, 0.6) is 11.5 Å². The predicted octanol–water partition coefficient (Wildman–Crippen LogP) is 7.97. The third-order valence-electron chi connectivity index (χ3n) is 5.60. The molecule has 172 valence electrons. The highest BCUT2D eigenvalue weighted by molar-refractivity contribution is 7.85. The number of ether oxygens (including phenoxy) is 1. The second-order valence-corrected chi connectivity index (χ2v) is 9.69. The molecule has 0 aliphatic heterocycles. The SMILES string of the molecule is CCCCCCCCCCCCCCc1ccc(Oc2ccccc2)cc1S(=O)(=O)O. The summed E-state index contributed by atoms with van der Waals surface area (Å²) in [5.41, 5.74) is 0.648. The van der Waals surface area contributed by atoms with E-state index in [9.17, 15) is 13.0 Å². The van der Waals surface area contributed by atoms with Crippen LogP contribution in [0.15, 0.2) is 53.4 Å². The van der Waals surface area contributed by atoms with Gasteiger partial charge in [0.1, 0.15) is 16.4 Å². The lowest BCUT2D eigenvalue weighted by Gasteiger charge is -2.11. The van der Waals surface area contributed by atoms with E-state index in [1.807, 2.05) is 18.2 Å². The zero-order valence-electron chi connectivity index (χ0n) is 18.9. The van der Waals surface area contributed by atoms with Gasteiger partial charge in [0, 0.05) is 6.07 Å². The van der Waals surface area contributed by atoms with Crippen molar-refractivity contribution in [3.63, 3.8) is 0 Å². The minimum absolute atomic E-state index is 0.0518. The molecule has 0 fully saturated rings. The van der Waals surface area contributed by atoms with Gasteiger partial charge in [-0.3, -0.25) is 4.55 Å². The molecule has 0 heterocycles. The summed E-state index contributed by atoms with van der Waals surface area (Å²) in [6.07, 6.45) is 15.8. The van der Waals surface area contributed by atoms with E-state index in [1.165, 1.54) is 70.3 Å². The first kappa shape index (κ1) is 25.4. The van der Waals surface area contributed by atoms with Gasteiger partial charge in [0.05, 0.1) is 0 Å². The van der Waals surface area contributed by atoms with Gasteiger partial charge in [-0.1, -0.05) is 102 Å². The molecule has 0 aliphatic rings. The summed E-state index contributed by atoms with van der Waals surface area (Å²) < 4.78 is 39.1. The molecule has 31 heavy (non-hydrogen) atoms. The molecule has 0 amide bonds. The van der Waals surface area contributed by atoms with Gasteiger partial charge in [0.25, 0.3) is 10.1 Å². The summed E-state index contributed by atoms with van der Waals surface area (Å²) in [5.74, 6) is 1.02. The Bertz CT molecular complexity index is 847. The Kier molecular flexibility index (Phi) is 11.7. The van der Waals surface area contributed by atoms with Crippen LogP contribution in [-0.4, -0.2) is 13.0 Å². The summed E-state index contributed by atoms with van der Waals surface area (Å²) in [5, 5.41) is 0. The van der Waals surface area contributed by atoms with E-state index in [1.54, 1.807) is 24.3 Å². The first-order valence-corrected chi connectivity index (χ1v) is 13.3. The Labute approximate surface area is 188 Å². The highest BCUT2D eigenvalue weighted by Gasteiger charge is 2.17. The lowest BCUT2D eigenvalue weighted by atomic mass is 10.0. The standard InChI is InChI=1S/C26H38O4S/c1-2-3-4-5-6-7-8-9-10-11-12-14-17-23-20-21-25(22-26(23)31(27,28)29)30-24-18-15-13-16-19-24/h13,15-16,18-22H,2-12,14,17H2,1H3,(H,27,28,29). The van der Waals surface area contributed by atoms with Crippen LogP contribution >= 0.6 is 0 Å². The third-order valence-corrected chi connectivity index (χ3v) is 6.53. The van der Waals surface area contributed by atoms with E-state index < -0.39 is 10.1 Å². The fraction of sp³-hybridized carbons (Fsp3) is 0.538. The average molecular weight is 447 g/mol. The van der Waals surface area contributed by atoms with E-state index in [-0.39, 0.29) is 4.90 Å². The smallest absolute Gasteiger partial charge is 0.294 e. The van der Waals surface area contributed by atoms with Crippen LogP contribution in [0.4, 0.5) is 0 Å². The Hall–Kier alpha value is -1.85. The molecule has 0 unspecified atom stereocenters. The highest BCUT2D eigenvalue weighted by atomic mass is 32.2. The number of rotatable bonds is 16. The van der Waals surface area contributed by atoms with Gasteiger partial charge in [-0.15, -0.1) is 0 Å². The molecule has 2 rings (SSSR count). The summed E-state index contributed by atoms with van der Waals surface area (Å²) in [4.78, 5) is -0.0518. The Morgan fingerprint density at radius 3 is 1.81 bits per heavy atom. The minimum Gasteiger partial charge on any atom is -0.457 e. The van der Waals surface area contributed by atoms with Gasteiger partial charge in [0.15, 0.2) is 0 Å². The molecule has 1 N–H and O–H groups in total. The van der Waals surface area contributed by atoms with Gasteiger partial charge < -0.3 is 4.74 Å². The molecule has 5 heteroatoms. The van der Waals surface area contributed by atoms with Gasteiger partial charge >= 0.3 is 0 Å². The van der Waals surface area contributed by atoms with Crippen LogP contribution in [0.25, 0.3) is 0 Å². The molecule has 2 aromatic rings. The molecule has 0 aliphatic carbocycles. The van der Waals surface area contributed by atoms with Crippen LogP contribution in [-0.2, 0) is 16.5 Å². The van der Waals surface area contributed by atoms with Crippen LogP contribution in [0.1, 0.15) is 89.5 Å². The van der Waals surface area contributed by atoms with Crippen molar-refractivity contribution in [3.05, 3.63) is 54.1 Å². The van der Waals surface area contributed by atoms with Gasteiger partial charge in [-0.2, -0.15) is 8.42 Å². The topological polar surface area (TPSA) is 63.6 Å². The monoisotopic (exact) mass is 446 g/mol. The number of para-hydroxylation sites is 1. The minimum atomic E-state index is -4.29. The first-order chi connectivity index (χ1) is 15.0. The lowest BCUT2D eigenvalue weighted by Crippen LogP contribution is -2.04. The zero-order valence-corrected chi connectivity index (χ0v) is 19.7. The van der Waals surface area contributed by atoms with Crippen LogP contribution in [0, 0.1) is 0 Å². The lowest BCUT2D eigenvalue weighted by molar-refractivity contribution is 0.470. The second-order valence-electron chi connectivity index (χ2n) is 8.30. The van der Waals surface area contributed by atoms with E-state index >= 15 is 0 Å². The Morgan fingerprint density at radius 2 is 1.26 bits per heavy atom. The summed E-state index contributed by atoms with van der Waals surface area (Å²) in [6.45, 7) is 2.25. The molecule has 0 aromatic heterocycles. The fourth-order valence-electron chi connectivity index (χ4n) is 3.83.